The van der Waals surface area contributed by atoms with E-state index in [-0.39, 0.29) is 25.1 Å². The van der Waals surface area contributed by atoms with Gasteiger partial charge < -0.3 is 19.4 Å². The van der Waals surface area contributed by atoms with Crippen LogP contribution in [0.3, 0.4) is 0 Å². The van der Waals surface area contributed by atoms with Crippen LogP contribution in [0.25, 0.3) is 0 Å². The van der Waals surface area contributed by atoms with Crippen LogP contribution in [-0.4, -0.2) is 74.3 Å². The number of quaternary nitrogens is 1. The Morgan fingerprint density at radius 2 is 0.773 bits per heavy atom. The molecular formula is C65H128N2O7P+. The molecule has 0 spiro atoms. The Hall–Kier alpha value is -1.51. The highest BCUT2D eigenvalue weighted by Crippen LogP contribution is 2.43. The maximum atomic E-state index is 13.6. The van der Waals surface area contributed by atoms with Crippen LogP contribution in [0.1, 0.15) is 329 Å². The van der Waals surface area contributed by atoms with Gasteiger partial charge in [0.25, 0.3) is 0 Å². The van der Waals surface area contributed by atoms with E-state index in [1.54, 1.807) is 0 Å². The van der Waals surface area contributed by atoms with Gasteiger partial charge in [-0.2, -0.15) is 0 Å². The Morgan fingerprint density at radius 1 is 0.453 bits per heavy atom. The molecule has 0 aliphatic heterocycles. The first-order valence-electron chi connectivity index (χ1n) is 32.7. The van der Waals surface area contributed by atoms with Crippen LogP contribution < -0.4 is 5.32 Å². The Morgan fingerprint density at radius 3 is 1.13 bits per heavy atom. The molecule has 0 saturated heterocycles. The zero-order valence-electron chi connectivity index (χ0n) is 50.8. The highest BCUT2D eigenvalue weighted by Gasteiger charge is 2.30. The zero-order chi connectivity index (χ0) is 55.0. The van der Waals surface area contributed by atoms with Gasteiger partial charge in [-0.1, -0.05) is 283 Å². The number of amides is 1. The van der Waals surface area contributed by atoms with E-state index in [1.165, 1.54) is 238 Å². The molecular weight excluding hydrogens is 952 g/mol. The van der Waals surface area contributed by atoms with Crippen molar-refractivity contribution in [2.24, 2.45) is 0 Å². The van der Waals surface area contributed by atoms with E-state index in [0.29, 0.717) is 23.9 Å². The van der Waals surface area contributed by atoms with Crippen LogP contribution in [0.5, 0.6) is 0 Å². The van der Waals surface area contributed by atoms with Crippen LogP contribution in [0.4, 0.5) is 0 Å². The summed E-state index contributed by atoms with van der Waals surface area (Å²) in [7, 11) is 1.51. The molecule has 9 nitrogen and oxygen atoms in total. The summed E-state index contributed by atoms with van der Waals surface area (Å²) in [6.07, 6.45) is 66.1. The summed E-state index contributed by atoms with van der Waals surface area (Å²) in [5.74, 6) is -0.488. The van der Waals surface area contributed by atoms with Gasteiger partial charge in [0.2, 0.25) is 5.91 Å². The Bertz CT molecular complexity index is 1340. The molecule has 1 amide bonds. The number of unbranched alkanes of at least 4 members (excludes halogenated alkanes) is 42. The van der Waals surface area contributed by atoms with Crippen molar-refractivity contribution >= 4 is 19.7 Å². The third kappa shape index (κ3) is 57.0. The first kappa shape index (κ1) is 73.5. The number of carbonyl (C=O) groups is 2. The standard InChI is InChI=1S/C65H127N2O7P/c1-7-10-13-16-19-22-25-27-28-29-30-31-32-33-34-35-36-37-38-40-43-45-48-51-54-57-64(68)66-62(61-73-75(70,71)72-60-59-67(4,5)6)63(56-53-50-47-44-42-39-26-23-20-17-14-11-8-2)74-65(69)58-55-52-49-46-41-24-21-18-15-12-9-3/h27-28,53,56,62-63H,7-26,29-52,54-55,57-61H2,1-6H3,(H-,66,68,70,71)/p+1/b28-27+,56-53+. The van der Waals surface area contributed by atoms with Gasteiger partial charge in [-0.15, -0.1) is 0 Å². The quantitative estimate of drug-likeness (QED) is 0.0205. The van der Waals surface area contributed by atoms with E-state index in [9.17, 15) is 19.0 Å². The number of hydrogen-bond acceptors (Lipinski definition) is 6. The van der Waals surface area contributed by atoms with Gasteiger partial charge in [0.15, 0.2) is 0 Å². The van der Waals surface area contributed by atoms with Gasteiger partial charge in [0.05, 0.1) is 33.8 Å². The van der Waals surface area contributed by atoms with Crippen molar-refractivity contribution in [1.82, 2.24) is 5.32 Å². The minimum Gasteiger partial charge on any atom is -0.456 e. The first-order chi connectivity index (χ1) is 36.4. The van der Waals surface area contributed by atoms with E-state index in [0.717, 1.165) is 57.8 Å². The van der Waals surface area contributed by atoms with Crippen molar-refractivity contribution in [3.05, 3.63) is 24.3 Å². The summed E-state index contributed by atoms with van der Waals surface area (Å²) in [5, 5.41) is 3.07. The molecule has 2 N–H and O–H groups in total. The van der Waals surface area contributed by atoms with Crippen LogP contribution in [0.2, 0.25) is 0 Å². The molecule has 0 aromatic carbocycles. The average molecular weight is 1080 g/mol. The fourth-order valence-corrected chi connectivity index (χ4v) is 10.6. The maximum absolute atomic E-state index is 13.6. The second-order valence-corrected chi connectivity index (χ2v) is 25.1. The summed E-state index contributed by atoms with van der Waals surface area (Å²) in [5.41, 5.74) is 0. The van der Waals surface area contributed by atoms with Crippen molar-refractivity contribution in [2.45, 2.75) is 341 Å². The Labute approximate surface area is 466 Å². The number of likely N-dealkylation sites (N-methyl/N-ethyl adjacent to an activating group) is 1. The predicted molar refractivity (Wildman–Crippen MR) is 323 cm³/mol. The number of rotatable bonds is 60. The lowest BCUT2D eigenvalue weighted by Crippen LogP contribution is -2.47. The number of phosphoric acid groups is 1. The lowest BCUT2D eigenvalue weighted by molar-refractivity contribution is -0.870. The SMILES string of the molecule is CCCCCCCC/C=C/CCCCCCCCCCCCCCCCCC(=O)NC(COP(=O)(O)OCC[N+](C)(C)C)C(/C=C/CCCCCCCCCCCCC)OC(=O)CCCCCCCCCCCCC. The van der Waals surface area contributed by atoms with Crippen LogP contribution in [0.15, 0.2) is 24.3 Å². The number of ether oxygens (including phenoxy) is 1. The van der Waals surface area contributed by atoms with Crippen molar-refractivity contribution in [1.29, 1.82) is 0 Å². The monoisotopic (exact) mass is 1080 g/mol. The largest absolute Gasteiger partial charge is 0.472 e. The van der Waals surface area contributed by atoms with Gasteiger partial charge in [-0.25, -0.2) is 4.57 Å². The molecule has 0 bridgehead atoms. The molecule has 444 valence electrons. The number of phosphoric ester groups is 1. The number of hydrogen-bond donors (Lipinski definition) is 2. The van der Waals surface area contributed by atoms with Crippen LogP contribution in [-0.2, 0) is 27.9 Å². The van der Waals surface area contributed by atoms with Crippen molar-refractivity contribution in [3.8, 4) is 0 Å². The molecule has 0 aromatic rings. The van der Waals surface area contributed by atoms with E-state index in [2.05, 4.69) is 38.2 Å². The minimum atomic E-state index is -4.44. The summed E-state index contributed by atoms with van der Waals surface area (Å²) in [4.78, 5) is 37.7. The number of carbonyl (C=O) groups excluding carboxylic acids is 2. The molecule has 75 heavy (non-hydrogen) atoms. The van der Waals surface area contributed by atoms with Gasteiger partial charge in [0.1, 0.15) is 19.3 Å². The Balaban J connectivity index is 5.02. The number of allylic oxidation sites excluding steroid dienone is 3. The third-order valence-electron chi connectivity index (χ3n) is 14.9. The zero-order valence-corrected chi connectivity index (χ0v) is 51.7. The summed E-state index contributed by atoms with van der Waals surface area (Å²) in [6, 6.07) is -0.841. The number of nitrogens with zero attached hydrogens (tertiary/aromatic N) is 1. The van der Waals surface area contributed by atoms with E-state index >= 15 is 0 Å². The van der Waals surface area contributed by atoms with E-state index in [1.807, 2.05) is 33.3 Å². The average Bonchev–Trinajstić information content (AvgIpc) is 3.37. The fraction of sp³-hybridized carbons (Fsp3) is 0.908. The molecule has 0 rings (SSSR count). The molecule has 3 unspecified atom stereocenters. The van der Waals surface area contributed by atoms with Crippen LogP contribution in [0, 0.1) is 0 Å². The molecule has 0 radical (unpaired) electrons. The summed E-state index contributed by atoms with van der Waals surface area (Å²) < 4.78 is 30.7. The molecule has 0 aliphatic carbocycles. The van der Waals surface area contributed by atoms with Gasteiger partial charge in [-0.3, -0.25) is 18.6 Å². The molecule has 0 saturated carbocycles. The highest BCUT2D eigenvalue weighted by atomic mass is 31.2. The number of esters is 1. The highest BCUT2D eigenvalue weighted by molar-refractivity contribution is 7.47. The second kappa shape index (κ2) is 55.8. The second-order valence-electron chi connectivity index (χ2n) is 23.6. The molecule has 10 heteroatoms. The lowest BCUT2D eigenvalue weighted by atomic mass is 10.0. The summed E-state index contributed by atoms with van der Waals surface area (Å²) >= 11 is 0. The van der Waals surface area contributed by atoms with Crippen molar-refractivity contribution in [2.75, 3.05) is 40.9 Å². The maximum Gasteiger partial charge on any atom is 0.472 e. The molecule has 3 atom stereocenters. The van der Waals surface area contributed by atoms with Crippen molar-refractivity contribution in [3.63, 3.8) is 0 Å². The number of nitrogens with one attached hydrogen (secondary N) is 1. The molecule has 0 fully saturated rings. The smallest absolute Gasteiger partial charge is 0.456 e. The third-order valence-corrected chi connectivity index (χ3v) is 15.9. The van der Waals surface area contributed by atoms with E-state index < -0.39 is 20.0 Å². The van der Waals surface area contributed by atoms with Gasteiger partial charge >= 0.3 is 13.8 Å². The summed E-state index contributed by atoms with van der Waals surface area (Å²) in [6.45, 7) is 7.05. The first-order valence-corrected chi connectivity index (χ1v) is 34.2. The van der Waals surface area contributed by atoms with E-state index in [4.69, 9.17) is 13.8 Å². The lowest BCUT2D eigenvalue weighted by Gasteiger charge is -2.27. The Kier molecular flexibility index (Phi) is 54.7. The molecule has 0 aromatic heterocycles. The van der Waals surface area contributed by atoms with Crippen LogP contribution >= 0.6 is 7.82 Å². The normalized spacial score (nSPS) is 13.7. The van der Waals surface area contributed by atoms with Crippen molar-refractivity contribution < 1.29 is 37.3 Å². The molecule has 0 aliphatic rings. The van der Waals surface area contributed by atoms with Gasteiger partial charge in [-0.05, 0) is 57.4 Å². The molecule has 0 heterocycles. The fourth-order valence-electron chi connectivity index (χ4n) is 9.82. The topological polar surface area (TPSA) is 111 Å². The predicted octanol–water partition coefficient (Wildman–Crippen LogP) is 20.1. The minimum absolute atomic E-state index is 0.0443. The van der Waals surface area contributed by atoms with Gasteiger partial charge in [0, 0.05) is 12.8 Å².